The Balaban J connectivity index is 1.97. The maximum atomic E-state index is 11.0. The van der Waals surface area contributed by atoms with Gasteiger partial charge in [0.15, 0.2) is 0 Å². The van der Waals surface area contributed by atoms with Crippen LogP contribution in [0.25, 0.3) is 22.8 Å². The minimum absolute atomic E-state index is 0.259. The Kier molecular flexibility index (Phi) is 3.19. The molecular formula is C15H11N3O3. The fourth-order valence-electron chi connectivity index (χ4n) is 1.99. The Morgan fingerprint density at radius 1 is 1.24 bits per heavy atom. The van der Waals surface area contributed by atoms with Gasteiger partial charge >= 0.3 is 5.97 Å². The molecule has 0 radical (unpaired) electrons. The van der Waals surface area contributed by atoms with Crippen molar-refractivity contribution in [3.63, 3.8) is 0 Å². The van der Waals surface area contributed by atoms with Gasteiger partial charge in [-0.3, -0.25) is 4.98 Å². The van der Waals surface area contributed by atoms with Crippen molar-refractivity contribution in [1.29, 1.82) is 0 Å². The SMILES string of the molecule is Cc1cc(-c2noc(-c3cccnc3)n2)ccc1C(=O)O. The highest BCUT2D eigenvalue weighted by Crippen LogP contribution is 2.23. The lowest BCUT2D eigenvalue weighted by atomic mass is 10.1. The zero-order valence-electron chi connectivity index (χ0n) is 11.1. The minimum Gasteiger partial charge on any atom is -0.478 e. The Bertz CT molecular complexity index is 797. The zero-order chi connectivity index (χ0) is 14.8. The Morgan fingerprint density at radius 2 is 2.10 bits per heavy atom. The Morgan fingerprint density at radius 3 is 2.76 bits per heavy atom. The molecular weight excluding hydrogens is 270 g/mol. The summed E-state index contributed by atoms with van der Waals surface area (Å²) in [6.07, 6.45) is 3.30. The molecule has 0 atom stereocenters. The summed E-state index contributed by atoms with van der Waals surface area (Å²) in [5.41, 5.74) is 2.34. The molecule has 0 fully saturated rings. The lowest BCUT2D eigenvalue weighted by molar-refractivity contribution is 0.0696. The second kappa shape index (κ2) is 5.16. The van der Waals surface area contributed by atoms with Crippen molar-refractivity contribution in [2.45, 2.75) is 6.92 Å². The normalized spacial score (nSPS) is 10.5. The number of hydrogen-bond donors (Lipinski definition) is 1. The fourth-order valence-corrected chi connectivity index (χ4v) is 1.99. The van der Waals surface area contributed by atoms with Crippen molar-refractivity contribution in [1.82, 2.24) is 15.1 Å². The van der Waals surface area contributed by atoms with Crippen molar-refractivity contribution < 1.29 is 14.4 Å². The van der Waals surface area contributed by atoms with E-state index in [1.807, 2.05) is 6.07 Å². The lowest BCUT2D eigenvalue weighted by Crippen LogP contribution is -1.99. The number of carboxylic acid groups (broad SMARTS) is 1. The highest BCUT2D eigenvalue weighted by molar-refractivity contribution is 5.90. The van der Waals surface area contributed by atoms with Gasteiger partial charge in [0, 0.05) is 18.0 Å². The first-order chi connectivity index (χ1) is 10.1. The summed E-state index contributed by atoms with van der Waals surface area (Å²) in [6, 6.07) is 8.52. The second-order valence-electron chi connectivity index (χ2n) is 4.50. The Labute approximate surface area is 120 Å². The number of pyridine rings is 1. The van der Waals surface area contributed by atoms with Gasteiger partial charge in [0.25, 0.3) is 5.89 Å². The molecule has 0 saturated carbocycles. The molecule has 3 aromatic rings. The number of carboxylic acids is 1. The molecule has 104 valence electrons. The van der Waals surface area contributed by atoms with E-state index in [2.05, 4.69) is 15.1 Å². The average Bonchev–Trinajstić information content (AvgIpc) is 2.97. The van der Waals surface area contributed by atoms with Crippen LogP contribution in [0.15, 0.2) is 47.2 Å². The summed E-state index contributed by atoms with van der Waals surface area (Å²) in [5.74, 6) is -0.171. The van der Waals surface area contributed by atoms with Gasteiger partial charge in [-0.15, -0.1) is 0 Å². The highest BCUT2D eigenvalue weighted by atomic mass is 16.5. The van der Waals surface area contributed by atoms with Crippen LogP contribution in [-0.4, -0.2) is 26.2 Å². The summed E-state index contributed by atoms with van der Waals surface area (Å²) in [7, 11) is 0. The van der Waals surface area contributed by atoms with Gasteiger partial charge in [0.05, 0.1) is 11.1 Å². The molecule has 3 rings (SSSR count). The molecule has 1 aromatic carbocycles. The number of benzene rings is 1. The third-order valence-corrected chi connectivity index (χ3v) is 3.05. The van der Waals surface area contributed by atoms with E-state index in [9.17, 15) is 4.79 Å². The molecule has 6 heteroatoms. The van der Waals surface area contributed by atoms with E-state index in [0.29, 0.717) is 22.8 Å². The molecule has 0 spiro atoms. The van der Waals surface area contributed by atoms with E-state index in [0.717, 1.165) is 5.56 Å². The van der Waals surface area contributed by atoms with E-state index >= 15 is 0 Å². The standard InChI is InChI=1S/C15H11N3O3/c1-9-7-10(4-5-12(9)15(19)20)13-17-14(21-18-13)11-3-2-6-16-8-11/h2-8H,1H3,(H,19,20). The van der Waals surface area contributed by atoms with E-state index in [-0.39, 0.29) is 5.56 Å². The van der Waals surface area contributed by atoms with Crippen LogP contribution in [0.1, 0.15) is 15.9 Å². The molecule has 0 saturated heterocycles. The maximum Gasteiger partial charge on any atom is 0.335 e. The molecule has 0 aliphatic rings. The number of aromatic carboxylic acids is 1. The second-order valence-corrected chi connectivity index (χ2v) is 4.50. The third-order valence-electron chi connectivity index (χ3n) is 3.05. The number of rotatable bonds is 3. The van der Waals surface area contributed by atoms with Gasteiger partial charge in [-0.2, -0.15) is 4.98 Å². The number of nitrogens with zero attached hydrogens (tertiary/aromatic N) is 3. The summed E-state index contributed by atoms with van der Waals surface area (Å²) >= 11 is 0. The van der Waals surface area contributed by atoms with Gasteiger partial charge in [0.1, 0.15) is 0 Å². The van der Waals surface area contributed by atoms with Crippen molar-refractivity contribution in [2.75, 3.05) is 0 Å². The third kappa shape index (κ3) is 2.51. The van der Waals surface area contributed by atoms with Crippen molar-refractivity contribution in [2.24, 2.45) is 0 Å². The van der Waals surface area contributed by atoms with Crippen molar-refractivity contribution >= 4 is 5.97 Å². The minimum atomic E-state index is -0.955. The monoisotopic (exact) mass is 281 g/mol. The molecule has 2 heterocycles. The van der Waals surface area contributed by atoms with Crippen molar-refractivity contribution in [3.8, 4) is 22.8 Å². The summed E-state index contributed by atoms with van der Waals surface area (Å²) in [6.45, 7) is 1.73. The van der Waals surface area contributed by atoms with Crippen LogP contribution >= 0.6 is 0 Å². The largest absolute Gasteiger partial charge is 0.478 e. The highest BCUT2D eigenvalue weighted by Gasteiger charge is 2.13. The number of aromatic nitrogens is 3. The van der Waals surface area contributed by atoms with E-state index in [1.165, 1.54) is 6.07 Å². The van der Waals surface area contributed by atoms with Gasteiger partial charge in [-0.25, -0.2) is 4.79 Å². The number of carbonyl (C=O) groups is 1. The molecule has 1 N–H and O–H groups in total. The smallest absolute Gasteiger partial charge is 0.335 e. The summed E-state index contributed by atoms with van der Waals surface area (Å²) < 4.78 is 5.21. The van der Waals surface area contributed by atoms with Gasteiger partial charge in [-0.05, 0) is 36.8 Å². The average molecular weight is 281 g/mol. The molecule has 0 bridgehead atoms. The molecule has 0 unspecified atom stereocenters. The first-order valence-electron chi connectivity index (χ1n) is 6.23. The number of aryl methyl sites for hydroxylation is 1. The van der Waals surface area contributed by atoms with Crippen LogP contribution in [0, 0.1) is 6.92 Å². The van der Waals surface area contributed by atoms with Gasteiger partial charge in [-0.1, -0.05) is 11.2 Å². The van der Waals surface area contributed by atoms with E-state index < -0.39 is 5.97 Å². The molecule has 0 aliphatic carbocycles. The molecule has 0 amide bonds. The van der Waals surface area contributed by atoms with Crippen LogP contribution in [-0.2, 0) is 0 Å². The van der Waals surface area contributed by atoms with Crippen LogP contribution in [0.5, 0.6) is 0 Å². The predicted octanol–water partition coefficient (Wildman–Crippen LogP) is 2.81. The summed E-state index contributed by atoms with van der Waals surface area (Å²) in [5, 5.41) is 12.9. The topological polar surface area (TPSA) is 89.1 Å². The van der Waals surface area contributed by atoms with Gasteiger partial charge in [0.2, 0.25) is 5.82 Å². The van der Waals surface area contributed by atoms with Crippen LogP contribution in [0.3, 0.4) is 0 Å². The van der Waals surface area contributed by atoms with Crippen molar-refractivity contribution in [3.05, 3.63) is 53.9 Å². The molecule has 6 nitrogen and oxygen atoms in total. The van der Waals surface area contributed by atoms with E-state index in [1.54, 1.807) is 37.5 Å². The Hall–Kier alpha value is -3.02. The fraction of sp³-hybridized carbons (Fsp3) is 0.0667. The van der Waals surface area contributed by atoms with Crippen LogP contribution in [0.4, 0.5) is 0 Å². The zero-order valence-corrected chi connectivity index (χ0v) is 11.1. The van der Waals surface area contributed by atoms with Crippen LogP contribution in [0.2, 0.25) is 0 Å². The maximum absolute atomic E-state index is 11.0. The number of hydrogen-bond acceptors (Lipinski definition) is 5. The lowest BCUT2D eigenvalue weighted by Gasteiger charge is -2.01. The van der Waals surface area contributed by atoms with E-state index in [4.69, 9.17) is 9.63 Å². The van der Waals surface area contributed by atoms with Gasteiger partial charge < -0.3 is 9.63 Å². The van der Waals surface area contributed by atoms with Crippen LogP contribution < -0.4 is 0 Å². The quantitative estimate of drug-likeness (QED) is 0.794. The molecule has 2 aromatic heterocycles. The summed E-state index contributed by atoms with van der Waals surface area (Å²) in [4.78, 5) is 19.3. The first kappa shape index (κ1) is 13.0. The molecule has 21 heavy (non-hydrogen) atoms. The predicted molar refractivity (Wildman–Crippen MR) is 74.7 cm³/mol. The molecule has 0 aliphatic heterocycles. The first-order valence-corrected chi connectivity index (χ1v) is 6.23.